The third-order valence-electron chi connectivity index (χ3n) is 2.39. The molecule has 14 heavy (non-hydrogen) atoms. The van der Waals surface area contributed by atoms with Gasteiger partial charge in [-0.25, -0.2) is 14.4 Å². The second-order valence-corrected chi connectivity index (χ2v) is 3.46. The van der Waals surface area contributed by atoms with Crippen LogP contribution in [0.5, 0.6) is 0 Å². The normalized spacial score (nSPS) is 21.6. The van der Waals surface area contributed by atoms with Crippen LogP contribution in [0, 0.1) is 11.7 Å². The Bertz CT molecular complexity index is 301. The van der Waals surface area contributed by atoms with Crippen molar-refractivity contribution in [2.75, 3.05) is 24.7 Å². The van der Waals surface area contributed by atoms with Crippen molar-refractivity contribution in [2.24, 2.45) is 5.92 Å². The number of halogens is 2. The van der Waals surface area contributed by atoms with Gasteiger partial charge in [-0.05, 0) is 6.42 Å². The number of hydrogen-bond donors (Lipinski definition) is 0. The summed E-state index contributed by atoms with van der Waals surface area (Å²) in [6.45, 7) is 1.07. The van der Waals surface area contributed by atoms with Crippen LogP contribution in [0.25, 0.3) is 0 Å². The van der Waals surface area contributed by atoms with Gasteiger partial charge >= 0.3 is 0 Å². The van der Waals surface area contributed by atoms with Crippen LogP contribution in [0.3, 0.4) is 0 Å². The molecule has 1 unspecified atom stereocenters. The van der Waals surface area contributed by atoms with Crippen molar-refractivity contribution in [3.05, 3.63) is 18.2 Å². The molecule has 3 nitrogen and oxygen atoms in total. The zero-order valence-electron chi connectivity index (χ0n) is 7.66. The third-order valence-corrected chi connectivity index (χ3v) is 2.39. The van der Waals surface area contributed by atoms with Gasteiger partial charge in [0.25, 0.3) is 0 Å². The number of nitrogens with zero attached hydrogens (tertiary/aromatic N) is 3. The molecule has 1 aliphatic heterocycles. The van der Waals surface area contributed by atoms with Crippen molar-refractivity contribution in [1.82, 2.24) is 9.97 Å². The van der Waals surface area contributed by atoms with Crippen LogP contribution in [0.15, 0.2) is 12.4 Å². The van der Waals surface area contributed by atoms with Crippen LogP contribution < -0.4 is 4.90 Å². The summed E-state index contributed by atoms with van der Waals surface area (Å²) in [6, 6.07) is 0. The van der Waals surface area contributed by atoms with Crippen LogP contribution in [-0.4, -0.2) is 29.7 Å². The standard InChI is InChI=1S/C9H11F2N3/c10-3-7-1-2-14(6-7)9-12-4-8(11)5-13-9/h4-5,7H,1-3,6H2. The predicted octanol–water partition coefficient (Wildman–Crippen LogP) is 1.41. The van der Waals surface area contributed by atoms with Gasteiger partial charge in [0.1, 0.15) is 0 Å². The summed E-state index contributed by atoms with van der Waals surface area (Å²) in [7, 11) is 0. The van der Waals surface area contributed by atoms with Gasteiger partial charge in [0.15, 0.2) is 5.82 Å². The second-order valence-electron chi connectivity index (χ2n) is 3.46. The summed E-state index contributed by atoms with van der Waals surface area (Å²) in [5.74, 6) is 0.112. The van der Waals surface area contributed by atoms with Gasteiger partial charge in [-0.1, -0.05) is 0 Å². The first-order chi connectivity index (χ1) is 6.79. The largest absolute Gasteiger partial charge is 0.340 e. The molecule has 0 amide bonds. The average Bonchev–Trinajstić information content (AvgIpc) is 2.67. The molecule has 1 fully saturated rings. The summed E-state index contributed by atoms with van der Waals surface area (Å²) in [5, 5.41) is 0. The van der Waals surface area contributed by atoms with E-state index in [0.717, 1.165) is 25.4 Å². The number of alkyl halides is 1. The highest BCUT2D eigenvalue weighted by Gasteiger charge is 2.23. The Morgan fingerprint density at radius 1 is 1.43 bits per heavy atom. The van der Waals surface area contributed by atoms with Crippen LogP contribution in [0.4, 0.5) is 14.7 Å². The maximum absolute atomic E-state index is 12.5. The molecule has 0 N–H and O–H groups in total. The summed E-state index contributed by atoms with van der Waals surface area (Å²) in [5.41, 5.74) is 0. The molecule has 5 heteroatoms. The Morgan fingerprint density at radius 2 is 2.14 bits per heavy atom. The van der Waals surface area contributed by atoms with Crippen LogP contribution >= 0.6 is 0 Å². The summed E-state index contributed by atoms with van der Waals surface area (Å²) in [6.07, 6.45) is 3.08. The van der Waals surface area contributed by atoms with Gasteiger partial charge in [-0.3, -0.25) is 4.39 Å². The van der Waals surface area contributed by atoms with Gasteiger partial charge < -0.3 is 4.90 Å². The molecule has 0 aliphatic carbocycles. The van der Waals surface area contributed by atoms with E-state index in [2.05, 4.69) is 9.97 Å². The van der Waals surface area contributed by atoms with Crippen molar-refractivity contribution in [3.63, 3.8) is 0 Å². The average molecular weight is 199 g/mol. The molecular formula is C9H11F2N3. The van der Waals surface area contributed by atoms with E-state index < -0.39 is 5.82 Å². The molecule has 0 aromatic carbocycles. The summed E-state index contributed by atoms with van der Waals surface area (Å²) in [4.78, 5) is 9.57. The number of anilines is 1. The zero-order chi connectivity index (χ0) is 9.97. The number of hydrogen-bond acceptors (Lipinski definition) is 3. The van der Waals surface area contributed by atoms with E-state index >= 15 is 0 Å². The van der Waals surface area contributed by atoms with Crippen molar-refractivity contribution >= 4 is 5.95 Å². The predicted molar refractivity (Wildman–Crippen MR) is 48.3 cm³/mol. The highest BCUT2D eigenvalue weighted by atomic mass is 19.1. The Hall–Kier alpha value is -1.26. The monoisotopic (exact) mass is 199 g/mol. The molecule has 2 heterocycles. The van der Waals surface area contributed by atoms with Crippen molar-refractivity contribution in [1.29, 1.82) is 0 Å². The minimum atomic E-state index is -0.449. The topological polar surface area (TPSA) is 29.0 Å². The molecular weight excluding hydrogens is 188 g/mol. The molecule has 76 valence electrons. The molecule has 0 spiro atoms. The molecule has 1 atom stereocenters. The molecule has 1 aliphatic rings. The van der Waals surface area contributed by atoms with E-state index in [1.54, 1.807) is 0 Å². The van der Waals surface area contributed by atoms with Crippen molar-refractivity contribution in [3.8, 4) is 0 Å². The Balaban J connectivity index is 2.06. The Morgan fingerprint density at radius 3 is 2.71 bits per heavy atom. The Labute approximate surface area is 80.8 Å². The van der Waals surface area contributed by atoms with Gasteiger partial charge in [-0.15, -0.1) is 0 Å². The SMILES string of the molecule is FCC1CCN(c2ncc(F)cn2)C1. The first-order valence-corrected chi connectivity index (χ1v) is 4.58. The van der Waals surface area contributed by atoms with Crippen LogP contribution in [-0.2, 0) is 0 Å². The fraction of sp³-hybridized carbons (Fsp3) is 0.556. The Kier molecular flexibility index (Phi) is 2.56. The lowest BCUT2D eigenvalue weighted by atomic mass is 10.1. The maximum atomic E-state index is 12.5. The van der Waals surface area contributed by atoms with Crippen molar-refractivity contribution < 1.29 is 8.78 Å². The summed E-state index contributed by atoms with van der Waals surface area (Å²) < 4.78 is 24.8. The van der Waals surface area contributed by atoms with Crippen LogP contribution in [0.2, 0.25) is 0 Å². The van der Waals surface area contributed by atoms with E-state index in [-0.39, 0.29) is 12.6 Å². The molecule has 0 bridgehead atoms. The van der Waals surface area contributed by atoms with Gasteiger partial charge in [-0.2, -0.15) is 0 Å². The summed E-state index contributed by atoms with van der Waals surface area (Å²) >= 11 is 0. The first-order valence-electron chi connectivity index (χ1n) is 4.58. The molecule has 0 radical (unpaired) electrons. The molecule has 0 saturated carbocycles. The third kappa shape index (κ3) is 1.81. The van der Waals surface area contributed by atoms with Gasteiger partial charge in [0, 0.05) is 19.0 Å². The smallest absolute Gasteiger partial charge is 0.225 e. The van der Waals surface area contributed by atoms with E-state index in [4.69, 9.17) is 0 Å². The number of rotatable bonds is 2. The first kappa shape index (κ1) is 9.30. The lowest BCUT2D eigenvalue weighted by Crippen LogP contribution is -2.22. The molecule has 1 aromatic rings. The molecule has 2 rings (SSSR count). The minimum Gasteiger partial charge on any atom is -0.340 e. The molecule has 1 saturated heterocycles. The van der Waals surface area contributed by atoms with E-state index in [1.165, 1.54) is 0 Å². The molecule has 1 aromatic heterocycles. The van der Waals surface area contributed by atoms with Gasteiger partial charge in [0.2, 0.25) is 5.95 Å². The second kappa shape index (κ2) is 3.86. The maximum Gasteiger partial charge on any atom is 0.225 e. The highest BCUT2D eigenvalue weighted by molar-refractivity contribution is 5.30. The fourth-order valence-corrected chi connectivity index (χ4v) is 1.61. The zero-order valence-corrected chi connectivity index (χ0v) is 7.66. The van der Waals surface area contributed by atoms with E-state index in [1.807, 2.05) is 4.90 Å². The van der Waals surface area contributed by atoms with Gasteiger partial charge in [0.05, 0.1) is 19.1 Å². The highest BCUT2D eigenvalue weighted by Crippen LogP contribution is 2.20. The fourth-order valence-electron chi connectivity index (χ4n) is 1.61. The number of aromatic nitrogens is 2. The quantitative estimate of drug-likeness (QED) is 0.721. The van der Waals surface area contributed by atoms with Crippen LogP contribution in [0.1, 0.15) is 6.42 Å². The van der Waals surface area contributed by atoms with E-state index in [9.17, 15) is 8.78 Å². The van der Waals surface area contributed by atoms with E-state index in [0.29, 0.717) is 12.5 Å². The van der Waals surface area contributed by atoms with Crippen molar-refractivity contribution in [2.45, 2.75) is 6.42 Å². The lowest BCUT2D eigenvalue weighted by Gasteiger charge is -2.14. The minimum absolute atomic E-state index is 0.0728. The lowest BCUT2D eigenvalue weighted by molar-refractivity contribution is 0.384.